The fraction of sp³-hybridized carbons (Fsp3) is 0.692. The van der Waals surface area contributed by atoms with Crippen molar-refractivity contribution in [3.63, 3.8) is 0 Å². The highest BCUT2D eigenvalue weighted by Crippen LogP contribution is 2.59. The topological polar surface area (TPSA) is 60.7 Å². The van der Waals surface area contributed by atoms with E-state index >= 15 is 0 Å². The van der Waals surface area contributed by atoms with Crippen molar-refractivity contribution in [1.82, 2.24) is 0 Å². The van der Waals surface area contributed by atoms with Crippen LogP contribution in [0.5, 0.6) is 0 Å². The Morgan fingerprint density at radius 3 is 2.48 bits per heavy atom. The predicted molar refractivity (Wildman–Crippen MR) is 119 cm³/mol. The minimum Gasteiger partial charge on any atom is -0.393 e. The standard InChI is InChI=1S/C26H40O3/c1-17(7-5-8-18(2)27)22-12-13-23-21(9-6-14-26(22,23)4)11-10-20-15-24(28)19(3)25(29)16-20/h5,7,10-11,17-18,22-25,27-29H,3,6,8-9,12-16H2,1-2,4H3/t17-,18+,22+,23-,24+,25+,26+/m0/s1. The van der Waals surface area contributed by atoms with Gasteiger partial charge in [-0.1, -0.05) is 55.9 Å². The Morgan fingerprint density at radius 1 is 1.14 bits per heavy atom. The summed E-state index contributed by atoms with van der Waals surface area (Å²) in [6, 6.07) is 0. The van der Waals surface area contributed by atoms with Crippen molar-refractivity contribution in [2.75, 3.05) is 0 Å². The molecular weight excluding hydrogens is 360 g/mol. The first kappa shape index (κ1) is 22.5. The van der Waals surface area contributed by atoms with E-state index in [0.29, 0.717) is 41.6 Å². The first-order valence-electron chi connectivity index (χ1n) is 11.5. The summed E-state index contributed by atoms with van der Waals surface area (Å²) in [5.74, 6) is 1.87. The lowest BCUT2D eigenvalue weighted by Crippen LogP contribution is -2.35. The summed E-state index contributed by atoms with van der Waals surface area (Å²) in [6.07, 6.45) is 15.6. The van der Waals surface area contributed by atoms with E-state index in [0.717, 1.165) is 12.0 Å². The lowest BCUT2D eigenvalue weighted by atomic mass is 9.61. The van der Waals surface area contributed by atoms with Gasteiger partial charge in [0.15, 0.2) is 0 Å². The number of hydrogen-bond acceptors (Lipinski definition) is 3. The van der Waals surface area contributed by atoms with Crippen molar-refractivity contribution in [2.45, 2.75) is 90.4 Å². The monoisotopic (exact) mass is 400 g/mol. The molecule has 0 aromatic heterocycles. The van der Waals surface area contributed by atoms with Crippen molar-refractivity contribution in [1.29, 1.82) is 0 Å². The van der Waals surface area contributed by atoms with Crippen LogP contribution in [-0.2, 0) is 0 Å². The van der Waals surface area contributed by atoms with Crippen LogP contribution in [-0.4, -0.2) is 33.6 Å². The molecule has 3 fully saturated rings. The third-order valence-corrected chi connectivity index (χ3v) is 7.89. The predicted octanol–water partition coefficient (Wildman–Crippen LogP) is 5.09. The molecule has 0 unspecified atom stereocenters. The summed E-state index contributed by atoms with van der Waals surface area (Å²) in [5.41, 5.74) is 3.58. The van der Waals surface area contributed by atoms with Gasteiger partial charge in [-0.2, -0.15) is 0 Å². The first-order valence-corrected chi connectivity index (χ1v) is 11.5. The van der Waals surface area contributed by atoms with Crippen LogP contribution in [0.1, 0.15) is 72.1 Å². The highest BCUT2D eigenvalue weighted by Gasteiger charge is 2.50. The van der Waals surface area contributed by atoms with E-state index in [1.54, 1.807) is 5.57 Å². The van der Waals surface area contributed by atoms with Crippen LogP contribution in [0, 0.1) is 23.2 Å². The van der Waals surface area contributed by atoms with Gasteiger partial charge in [0.25, 0.3) is 0 Å². The molecule has 3 aliphatic carbocycles. The summed E-state index contributed by atoms with van der Waals surface area (Å²) in [5, 5.41) is 29.7. The van der Waals surface area contributed by atoms with Gasteiger partial charge >= 0.3 is 0 Å². The van der Waals surface area contributed by atoms with Crippen LogP contribution in [0.25, 0.3) is 0 Å². The summed E-state index contributed by atoms with van der Waals surface area (Å²) in [7, 11) is 0. The van der Waals surface area contributed by atoms with Crippen LogP contribution in [0.3, 0.4) is 0 Å². The molecule has 29 heavy (non-hydrogen) atoms. The van der Waals surface area contributed by atoms with E-state index in [-0.39, 0.29) is 6.10 Å². The van der Waals surface area contributed by atoms with E-state index < -0.39 is 12.2 Å². The number of aliphatic hydroxyl groups excluding tert-OH is 3. The molecule has 0 aromatic carbocycles. The van der Waals surface area contributed by atoms with Gasteiger partial charge < -0.3 is 15.3 Å². The maximum Gasteiger partial charge on any atom is 0.0809 e. The average Bonchev–Trinajstić information content (AvgIpc) is 3.01. The summed E-state index contributed by atoms with van der Waals surface area (Å²) in [4.78, 5) is 0. The van der Waals surface area contributed by atoms with Crippen molar-refractivity contribution in [3.8, 4) is 0 Å². The fourth-order valence-electron chi connectivity index (χ4n) is 6.19. The SMILES string of the molecule is C=C1[C@H](O)CC(=CC=C2CCC[C@]3(C)[C@@H]([C@@H](C)C=CC[C@@H](C)O)CC[C@@H]23)C[C@H]1O. The average molecular weight is 401 g/mol. The summed E-state index contributed by atoms with van der Waals surface area (Å²) in [6.45, 7) is 10.5. The maximum absolute atomic E-state index is 10.1. The van der Waals surface area contributed by atoms with E-state index in [1.165, 1.54) is 32.1 Å². The molecule has 162 valence electrons. The molecule has 0 saturated heterocycles. The molecule has 3 aliphatic rings. The van der Waals surface area contributed by atoms with Gasteiger partial charge in [0, 0.05) is 0 Å². The minimum atomic E-state index is -0.620. The van der Waals surface area contributed by atoms with E-state index in [9.17, 15) is 15.3 Å². The Balaban J connectivity index is 1.72. The van der Waals surface area contributed by atoms with Gasteiger partial charge in [-0.15, -0.1) is 0 Å². The molecule has 0 aliphatic heterocycles. The Hall–Kier alpha value is -1.16. The molecule has 0 spiro atoms. The molecule has 3 N–H and O–H groups in total. The van der Waals surface area contributed by atoms with Crippen molar-refractivity contribution in [3.05, 3.63) is 47.6 Å². The molecule has 3 heteroatoms. The summed E-state index contributed by atoms with van der Waals surface area (Å²) >= 11 is 0. The number of allylic oxidation sites excluding steroid dienone is 4. The lowest BCUT2D eigenvalue weighted by molar-refractivity contribution is 0.112. The zero-order chi connectivity index (χ0) is 21.2. The third kappa shape index (κ3) is 4.95. The van der Waals surface area contributed by atoms with E-state index in [4.69, 9.17) is 0 Å². The Morgan fingerprint density at radius 2 is 1.83 bits per heavy atom. The second-order valence-corrected chi connectivity index (χ2v) is 10.0. The number of fused-ring (bicyclic) bond motifs is 1. The molecule has 0 radical (unpaired) electrons. The minimum absolute atomic E-state index is 0.267. The highest BCUT2D eigenvalue weighted by molar-refractivity contribution is 5.29. The Labute approximate surface area is 176 Å². The zero-order valence-corrected chi connectivity index (χ0v) is 18.5. The molecule has 7 atom stereocenters. The van der Waals surface area contributed by atoms with E-state index in [1.807, 2.05) is 6.92 Å². The zero-order valence-electron chi connectivity index (χ0n) is 18.5. The maximum atomic E-state index is 10.1. The van der Waals surface area contributed by atoms with E-state index in [2.05, 4.69) is 44.7 Å². The number of rotatable bonds is 5. The molecule has 3 nitrogen and oxygen atoms in total. The third-order valence-electron chi connectivity index (χ3n) is 7.89. The molecule has 0 amide bonds. The van der Waals surface area contributed by atoms with Crippen LogP contribution in [0.4, 0.5) is 0 Å². The van der Waals surface area contributed by atoms with Crippen molar-refractivity contribution in [2.24, 2.45) is 23.2 Å². The van der Waals surface area contributed by atoms with Crippen molar-refractivity contribution >= 4 is 0 Å². The Kier molecular flexibility index (Phi) is 7.24. The van der Waals surface area contributed by atoms with Crippen molar-refractivity contribution < 1.29 is 15.3 Å². The second-order valence-electron chi connectivity index (χ2n) is 10.0. The fourth-order valence-corrected chi connectivity index (χ4v) is 6.19. The van der Waals surface area contributed by atoms with Gasteiger partial charge in [-0.05, 0) is 87.0 Å². The van der Waals surface area contributed by atoms with Gasteiger partial charge in [0.05, 0.1) is 18.3 Å². The molecule has 3 saturated carbocycles. The van der Waals surface area contributed by atoms with Crippen LogP contribution in [0.15, 0.2) is 47.6 Å². The van der Waals surface area contributed by atoms with Gasteiger partial charge in [0.2, 0.25) is 0 Å². The molecule has 3 rings (SSSR count). The first-order chi connectivity index (χ1) is 13.7. The number of aliphatic hydroxyl groups is 3. The largest absolute Gasteiger partial charge is 0.393 e. The normalized spacial score (nSPS) is 39.0. The van der Waals surface area contributed by atoms with Crippen LogP contribution < -0.4 is 0 Å². The lowest BCUT2D eigenvalue weighted by Gasteiger charge is -2.44. The van der Waals surface area contributed by atoms with Gasteiger partial charge in [0.1, 0.15) is 0 Å². The van der Waals surface area contributed by atoms with Crippen LogP contribution in [0.2, 0.25) is 0 Å². The van der Waals surface area contributed by atoms with Crippen LogP contribution >= 0.6 is 0 Å². The number of hydrogen-bond donors (Lipinski definition) is 3. The quantitative estimate of drug-likeness (QED) is 0.563. The Bertz CT molecular complexity index is 670. The van der Waals surface area contributed by atoms with Gasteiger partial charge in [-0.3, -0.25) is 0 Å². The molecule has 0 aromatic rings. The highest BCUT2D eigenvalue weighted by atomic mass is 16.3. The molecular formula is C26H40O3. The molecule has 0 bridgehead atoms. The molecule has 0 heterocycles. The second kappa shape index (κ2) is 9.32. The summed E-state index contributed by atoms with van der Waals surface area (Å²) < 4.78 is 0. The van der Waals surface area contributed by atoms with Gasteiger partial charge in [-0.25, -0.2) is 0 Å². The smallest absolute Gasteiger partial charge is 0.0809 e.